The number of rotatable bonds is 6. The number of likely N-dealkylation sites (tertiary alicyclic amines) is 1. The molecule has 37 heavy (non-hydrogen) atoms. The fraction of sp³-hybridized carbons (Fsp3) is 0.481. The van der Waals surface area contributed by atoms with Gasteiger partial charge in [0.1, 0.15) is 5.41 Å². The number of pyridine rings is 1. The van der Waals surface area contributed by atoms with Gasteiger partial charge in [0.15, 0.2) is 11.5 Å². The van der Waals surface area contributed by atoms with Crippen molar-refractivity contribution < 1.29 is 24.2 Å². The van der Waals surface area contributed by atoms with Crippen LogP contribution in [-0.2, 0) is 22.6 Å². The molecule has 0 radical (unpaired) electrons. The summed E-state index contributed by atoms with van der Waals surface area (Å²) < 4.78 is 7.36. The number of hydrogen-bond donors (Lipinski definition) is 1. The molecule has 3 aliphatic rings. The van der Waals surface area contributed by atoms with Crippen LogP contribution >= 0.6 is 0 Å². The van der Waals surface area contributed by atoms with Crippen LogP contribution in [-0.4, -0.2) is 82.6 Å². The van der Waals surface area contributed by atoms with E-state index in [0.717, 1.165) is 21.9 Å². The van der Waals surface area contributed by atoms with Gasteiger partial charge in [-0.05, 0) is 49.4 Å². The Hall–Kier alpha value is -3.66. The lowest BCUT2D eigenvalue weighted by Gasteiger charge is -2.48. The van der Waals surface area contributed by atoms with E-state index in [1.54, 1.807) is 31.2 Å². The molecule has 10 nitrogen and oxygen atoms in total. The number of carbonyl (C=O) groups excluding carboxylic acids is 3. The van der Waals surface area contributed by atoms with Crippen molar-refractivity contribution in [3.05, 3.63) is 58.0 Å². The van der Waals surface area contributed by atoms with E-state index in [1.807, 2.05) is 10.6 Å². The third-order valence-electron chi connectivity index (χ3n) is 7.88. The Morgan fingerprint density at radius 1 is 1.00 bits per heavy atom. The lowest BCUT2D eigenvalue weighted by atomic mass is 9.75. The summed E-state index contributed by atoms with van der Waals surface area (Å²) in [5.74, 6) is -0.505. The van der Waals surface area contributed by atoms with Crippen molar-refractivity contribution in [2.75, 3.05) is 40.3 Å². The highest BCUT2D eigenvalue weighted by Gasteiger charge is 2.56. The van der Waals surface area contributed by atoms with Crippen LogP contribution in [0.1, 0.15) is 30.5 Å². The lowest BCUT2D eigenvalue weighted by Crippen LogP contribution is -2.67. The Labute approximate surface area is 215 Å². The Bertz CT molecular complexity index is 1300. The first kappa shape index (κ1) is 25.0. The second-order valence-corrected chi connectivity index (χ2v) is 10.4. The number of phenolic OH excluding ortho intramolecular Hbond substituents is 1. The van der Waals surface area contributed by atoms with Crippen LogP contribution in [0.25, 0.3) is 0 Å². The quantitative estimate of drug-likeness (QED) is 0.591. The standard InChI is InChI=1S/C27H32N4O6/c1-4-37-22-11-17(8-9-21(22)32)12-27(24(34)28(2)26(36)29(3)25(27)35)16-30-13-18-10-19(15-30)20-6-5-7-23(33)31(20)14-18/h5-9,11,18-19,32H,4,10,12-16H2,1-3H3/t18-,19+/m0/s1. The molecule has 2 aromatic rings. The molecule has 2 saturated heterocycles. The fourth-order valence-electron chi connectivity index (χ4n) is 6.27. The first-order valence-corrected chi connectivity index (χ1v) is 12.6. The van der Waals surface area contributed by atoms with E-state index in [2.05, 4.69) is 4.90 Å². The van der Waals surface area contributed by atoms with Crippen molar-refractivity contribution in [1.29, 1.82) is 0 Å². The average molecular weight is 509 g/mol. The third kappa shape index (κ3) is 4.19. The molecule has 1 N–H and O–H groups in total. The van der Waals surface area contributed by atoms with E-state index >= 15 is 0 Å². The Morgan fingerprint density at radius 3 is 2.43 bits per heavy atom. The smallest absolute Gasteiger partial charge is 0.332 e. The Morgan fingerprint density at radius 2 is 1.73 bits per heavy atom. The highest BCUT2D eigenvalue weighted by atomic mass is 16.5. The number of imide groups is 2. The molecule has 0 spiro atoms. The number of carbonyl (C=O) groups is 3. The summed E-state index contributed by atoms with van der Waals surface area (Å²) in [4.78, 5) is 56.7. The molecule has 2 bridgehead atoms. The molecule has 1 aromatic heterocycles. The number of ether oxygens (including phenoxy) is 1. The van der Waals surface area contributed by atoms with Crippen molar-refractivity contribution in [3.63, 3.8) is 0 Å². The van der Waals surface area contributed by atoms with Crippen LogP contribution < -0.4 is 10.3 Å². The molecule has 196 valence electrons. The largest absolute Gasteiger partial charge is 0.504 e. The van der Waals surface area contributed by atoms with Gasteiger partial charge in [0.25, 0.3) is 5.56 Å². The molecular weight excluding hydrogens is 476 g/mol. The van der Waals surface area contributed by atoms with Crippen LogP contribution in [0.5, 0.6) is 11.5 Å². The summed E-state index contributed by atoms with van der Waals surface area (Å²) >= 11 is 0. The van der Waals surface area contributed by atoms with Gasteiger partial charge in [-0.2, -0.15) is 0 Å². The predicted molar refractivity (Wildman–Crippen MR) is 134 cm³/mol. The maximum absolute atomic E-state index is 13.8. The zero-order chi connectivity index (χ0) is 26.5. The van der Waals surface area contributed by atoms with Crippen LogP contribution in [0, 0.1) is 11.3 Å². The SMILES string of the molecule is CCOc1cc(CC2(CN3C[C@@H]4C[C@H](C3)c3cccc(=O)n3C4)C(=O)N(C)C(=O)N(C)C2=O)ccc1O. The second-order valence-electron chi connectivity index (χ2n) is 10.4. The molecule has 0 aliphatic carbocycles. The summed E-state index contributed by atoms with van der Waals surface area (Å²) in [7, 11) is 2.80. The zero-order valence-corrected chi connectivity index (χ0v) is 21.3. The molecule has 2 fully saturated rings. The molecular formula is C27H32N4O6. The van der Waals surface area contributed by atoms with Crippen molar-refractivity contribution in [1.82, 2.24) is 19.3 Å². The highest BCUT2D eigenvalue weighted by molar-refractivity contribution is 6.19. The zero-order valence-electron chi connectivity index (χ0n) is 21.3. The minimum Gasteiger partial charge on any atom is -0.504 e. The molecule has 0 saturated carbocycles. The predicted octanol–water partition coefficient (Wildman–Crippen LogP) is 1.65. The van der Waals surface area contributed by atoms with Crippen LogP contribution in [0.15, 0.2) is 41.2 Å². The van der Waals surface area contributed by atoms with E-state index < -0.39 is 23.3 Å². The number of aromatic nitrogens is 1. The molecule has 10 heteroatoms. The minimum absolute atomic E-state index is 0.00560. The van der Waals surface area contributed by atoms with Crippen LogP contribution in [0.3, 0.4) is 0 Å². The molecule has 2 atom stereocenters. The van der Waals surface area contributed by atoms with E-state index in [4.69, 9.17) is 4.74 Å². The Balaban J connectivity index is 1.51. The van der Waals surface area contributed by atoms with Gasteiger partial charge in [-0.3, -0.25) is 24.2 Å². The third-order valence-corrected chi connectivity index (χ3v) is 7.88. The monoisotopic (exact) mass is 508 g/mol. The van der Waals surface area contributed by atoms with Gasteiger partial charge in [0, 0.05) is 58.0 Å². The molecule has 4 amide bonds. The summed E-state index contributed by atoms with van der Waals surface area (Å²) in [6, 6.07) is 9.48. The van der Waals surface area contributed by atoms with Gasteiger partial charge >= 0.3 is 6.03 Å². The van der Waals surface area contributed by atoms with E-state index in [0.29, 0.717) is 31.8 Å². The van der Waals surface area contributed by atoms with Gasteiger partial charge in [0.2, 0.25) is 11.8 Å². The number of benzene rings is 1. The number of piperidine rings is 1. The summed E-state index contributed by atoms with van der Waals surface area (Å²) in [6.07, 6.45) is 0.998. The number of urea groups is 1. The molecule has 0 unspecified atom stereocenters. The number of nitrogens with zero attached hydrogens (tertiary/aromatic N) is 4. The van der Waals surface area contributed by atoms with Crippen LogP contribution in [0.4, 0.5) is 4.79 Å². The lowest BCUT2D eigenvalue weighted by molar-refractivity contribution is -0.159. The number of aromatic hydroxyl groups is 1. The second kappa shape index (κ2) is 9.33. The van der Waals surface area contributed by atoms with Gasteiger partial charge in [-0.1, -0.05) is 12.1 Å². The number of phenols is 1. The van der Waals surface area contributed by atoms with Crippen molar-refractivity contribution in [2.45, 2.75) is 32.2 Å². The fourth-order valence-corrected chi connectivity index (χ4v) is 6.27. The van der Waals surface area contributed by atoms with E-state index in [-0.39, 0.29) is 41.9 Å². The van der Waals surface area contributed by atoms with Gasteiger partial charge in [-0.15, -0.1) is 0 Å². The van der Waals surface area contributed by atoms with E-state index in [1.165, 1.54) is 20.2 Å². The topological polar surface area (TPSA) is 112 Å². The number of fused-ring (bicyclic) bond motifs is 4. The van der Waals surface area contributed by atoms with Gasteiger partial charge in [0.05, 0.1) is 6.61 Å². The Kier molecular flexibility index (Phi) is 6.31. The maximum Gasteiger partial charge on any atom is 0.332 e. The van der Waals surface area contributed by atoms with Crippen molar-refractivity contribution >= 4 is 17.8 Å². The van der Waals surface area contributed by atoms with Crippen LogP contribution in [0.2, 0.25) is 0 Å². The number of barbiturate groups is 1. The first-order valence-electron chi connectivity index (χ1n) is 12.6. The summed E-state index contributed by atoms with van der Waals surface area (Å²) in [6.45, 7) is 4.13. The number of hydrogen-bond acceptors (Lipinski definition) is 7. The van der Waals surface area contributed by atoms with E-state index in [9.17, 15) is 24.3 Å². The summed E-state index contributed by atoms with van der Waals surface area (Å²) in [5.41, 5.74) is 0.0927. The minimum atomic E-state index is -1.53. The first-order chi connectivity index (χ1) is 17.6. The van der Waals surface area contributed by atoms with Gasteiger partial charge < -0.3 is 19.3 Å². The summed E-state index contributed by atoms with van der Waals surface area (Å²) in [5, 5.41) is 10.2. The molecule has 5 rings (SSSR count). The normalized spacial score (nSPS) is 23.3. The average Bonchev–Trinajstić information content (AvgIpc) is 2.88. The van der Waals surface area contributed by atoms with Crippen molar-refractivity contribution in [2.24, 2.45) is 11.3 Å². The molecule has 4 heterocycles. The van der Waals surface area contributed by atoms with Crippen molar-refractivity contribution in [3.8, 4) is 11.5 Å². The number of amides is 4. The maximum atomic E-state index is 13.8. The molecule has 3 aliphatic heterocycles. The van der Waals surface area contributed by atoms with Gasteiger partial charge in [-0.25, -0.2) is 4.79 Å². The molecule has 1 aromatic carbocycles. The highest BCUT2D eigenvalue weighted by Crippen LogP contribution is 2.40.